The van der Waals surface area contributed by atoms with Gasteiger partial charge in [-0.3, -0.25) is 0 Å². The molecule has 1 aromatic heterocycles. The third-order valence-corrected chi connectivity index (χ3v) is 5.94. The molecule has 7 nitrogen and oxygen atoms in total. The van der Waals surface area contributed by atoms with Gasteiger partial charge >= 0.3 is 0 Å². The highest BCUT2D eigenvalue weighted by Gasteiger charge is 2.07. The number of aryl methyl sites for hydroxylation is 2. The van der Waals surface area contributed by atoms with Gasteiger partial charge in [0.05, 0.1) is 22.5 Å². The predicted molar refractivity (Wildman–Crippen MR) is 121 cm³/mol. The highest BCUT2D eigenvalue weighted by molar-refractivity contribution is 7.90. The van der Waals surface area contributed by atoms with E-state index in [4.69, 9.17) is 0 Å². The number of nitrogens with one attached hydrogen (secondary N) is 2. The Kier molecular flexibility index (Phi) is 7.10. The number of para-hydroxylation sites is 2. The van der Waals surface area contributed by atoms with Gasteiger partial charge in [0, 0.05) is 25.9 Å². The van der Waals surface area contributed by atoms with Crippen molar-refractivity contribution in [1.29, 1.82) is 0 Å². The normalized spacial score (nSPS) is 12.3. The summed E-state index contributed by atoms with van der Waals surface area (Å²) in [7, 11) is -3.18. The van der Waals surface area contributed by atoms with Crippen molar-refractivity contribution in [2.45, 2.75) is 38.3 Å². The zero-order chi connectivity index (χ0) is 21.6. The maximum Gasteiger partial charge on any atom is 0.191 e. The second kappa shape index (κ2) is 9.75. The van der Waals surface area contributed by atoms with Gasteiger partial charge in [0.2, 0.25) is 0 Å². The van der Waals surface area contributed by atoms with E-state index >= 15 is 0 Å². The van der Waals surface area contributed by atoms with Crippen molar-refractivity contribution in [3.63, 3.8) is 0 Å². The van der Waals surface area contributed by atoms with E-state index in [-0.39, 0.29) is 0 Å². The van der Waals surface area contributed by atoms with Gasteiger partial charge in [0.1, 0.15) is 5.82 Å². The van der Waals surface area contributed by atoms with Crippen molar-refractivity contribution in [3.8, 4) is 0 Å². The molecule has 0 aliphatic rings. The number of sulfone groups is 1. The molecule has 30 heavy (non-hydrogen) atoms. The van der Waals surface area contributed by atoms with E-state index in [0.29, 0.717) is 11.4 Å². The molecule has 3 rings (SSSR count). The van der Waals surface area contributed by atoms with Gasteiger partial charge < -0.3 is 15.2 Å². The van der Waals surface area contributed by atoms with E-state index in [0.717, 1.165) is 54.4 Å². The summed E-state index contributed by atoms with van der Waals surface area (Å²) < 4.78 is 25.4. The van der Waals surface area contributed by atoms with Crippen molar-refractivity contribution >= 4 is 26.8 Å². The number of guanidine groups is 1. The number of fused-ring (bicyclic) bond motifs is 1. The summed E-state index contributed by atoms with van der Waals surface area (Å²) in [6.07, 6.45) is 2.15. The molecule has 0 amide bonds. The first-order chi connectivity index (χ1) is 14.4. The third kappa shape index (κ3) is 5.60. The van der Waals surface area contributed by atoms with Gasteiger partial charge in [-0.05, 0) is 50.1 Å². The molecule has 0 radical (unpaired) electrons. The molecule has 1 heterocycles. The molecule has 3 aromatic rings. The number of hydrogen-bond donors (Lipinski definition) is 2. The third-order valence-electron chi connectivity index (χ3n) is 4.81. The molecule has 0 unspecified atom stereocenters. The second-order valence-corrected chi connectivity index (χ2v) is 9.21. The Morgan fingerprint density at radius 3 is 2.53 bits per heavy atom. The van der Waals surface area contributed by atoms with Gasteiger partial charge in [0.25, 0.3) is 0 Å². The standard InChI is InChI=1S/C22H29N5O2S/c1-4-23-22(25-16-18-10-12-19(13-11-18)30(3,28)29)24-14-7-15-27-17(2)26-20-8-5-6-9-21(20)27/h5-6,8-13H,4,7,14-16H2,1-3H3,(H2,23,24,25). The van der Waals surface area contributed by atoms with E-state index in [1.54, 1.807) is 24.3 Å². The minimum Gasteiger partial charge on any atom is -0.357 e. The predicted octanol–water partition coefficient (Wildman–Crippen LogP) is 2.89. The van der Waals surface area contributed by atoms with Crippen LogP contribution in [0.2, 0.25) is 0 Å². The number of aromatic nitrogens is 2. The van der Waals surface area contributed by atoms with Crippen LogP contribution in [-0.4, -0.2) is 43.3 Å². The first kappa shape index (κ1) is 21.8. The van der Waals surface area contributed by atoms with Crippen LogP contribution in [0, 0.1) is 6.92 Å². The molecule has 0 atom stereocenters. The Bertz CT molecular complexity index is 1120. The van der Waals surface area contributed by atoms with Crippen LogP contribution >= 0.6 is 0 Å². The lowest BCUT2D eigenvalue weighted by molar-refractivity contribution is 0.602. The smallest absolute Gasteiger partial charge is 0.191 e. The topological polar surface area (TPSA) is 88.4 Å². The molecule has 0 spiro atoms. The van der Waals surface area contributed by atoms with Gasteiger partial charge in [-0.15, -0.1) is 0 Å². The average molecular weight is 428 g/mol. The fraction of sp³-hybridized carbons (Fsp3) is 0.364. The molecular weight excluding hydrogens is 398 g/mol. The Balaban J connectivity index is 1.55. The first-order valence-corrected chi connectivity index (χ1v) is 12.0. The lowest BCUT2D eigenvalue weighted by Crippen LogP contribution is -2.38. The zero-order valence-corrected chi connectivity index (χ0v) is 18.5. The Morgan fingerprint density at radius 2 is 1.83 bits per heavy atom. The molecule has 0 aliphatic carbocycles. The van der Waals surface area contributed by atoms with Crippen LogP contribution in [-0.2, 0) is 22.9 Å². The fourth-order valence-electron chi connectivity index (χ4n) is 3.28. The van der Waals surface area contributed by atoms with Crippen LogP contribution in [0.25, 0.3) is 11.0 Å². The van der Waals surface area contributed by atoms with E-state index in [2.05, 4.69) is 31.2 Å². The van der Waals surface area contributed by atoms with Gasteiger partial charge in [0.15, 0.2) is 15.8 Å². The van der Waals surface area contributed by atoms with Gasteiger partial charge in [-0.25, -0.2) is 18.4 Å². The summed E-state index contributed by atoms with van der Waals surface area (Å²) in [5, 5.41) is 6.61. The summed E-state index contributed by atoms with van der Waals surface area (Å²) >= 11 is 0. The Hall–Kier alpha value is -2.87. The van der Waals surface area contributed by atoms with Crippen LogP contribution in [0.3, 0.4) is 0 Å². The first-order valence-electron chi connectivity index (χ1n) is 10.1. The van der Waals surface area contributed by atoms with Crippen LogP contribution in [0.5, 0.6) is 0 Å². The summed E-state index contributed by atoms with van der Waals surface area (Å²) in [6.45, 7) is 6.97. The summed E-state index contributed by atoms with van der Waals surface area (Å²) in [4.78, 5) is 9.53. The molecule has 160 valence electrons. The average Bonchev–Trinajstić information content (AvgIpc) is 3.04. The molecule has 0 fully saturated rings. The van der Waals surface area contributed by atoms with E-state index in [1.807, 2.05) is 32.0 Å². The SMILES string of the molecule is CCNC(=NCc1ccc(S(C)(=O)=O)cc1)NCCCn1c(C)nc2ccccc21. The lowest BCUT2D eigenvalue weighted by Gasteiger charge is -2.12. The maximum absolute atomic E-state index is 11.6. The van der Waals surface area contributed by atoms with Crippen molar-refractivity contribution < 1.29 is 8.42 Å². The summed E-state index contributed by atoms with van der Waals surface area (Å²) in [5.74, 6) is 1.77. The lowest BCUT2D eigenvalue weighted by atomic mass is 10.2. The monoisotopic (exact) mass is 427 g/mol. The summed E-state index contributed by atoms with van der Waals surface area (Å²) in [5.41, 5.74) is 3.15. The maximum atomic E-state index is 11.6. The molecular formula is C22H29N5O2S. The molecule has 2 aromatic carbocycles. The van der Waals surface area contributed by atoms with Gasteiger partial charge in [-0.2, -0.15) is 0 Å². The highest BCUT2D eigenvalue weighted by Crippen LogP contribution is 2.15. The molecule has 2 N–H and O–H groups in total. The van der Waals surface area contributed by atoms with E-state index < -0.39 is 9.84 Å². The highest BCUT2D eigenvalue weighted by atomic mass is 32.2. The van der Waals surface area contributed by atoms with Gasteiger partial charge in [-0.1, -0.05) is 24.3 Å². The van der Waals surface area contributed by atoms with Crippen molar-refractivity contribution in [2.75, 3.05) is 19.3 Å². The number of hydrogen-bond acceptors (Lipinski definition) is 4. The molecule has 0 aliphatic heterocycles. The molecule has 0 bridgehead atoms. The Labute approximate surface area is 178 Å². The number of nitrogens with zero attached hydrogens (tertiary/aromatic N) is 3. The number of aliphatic imine (C=N–C) groups is 1. The van der Waals surface area contributed by atoms with Crippen LogP contribution < -0.4 is 10.6 Å². The fourth-order valence-corrected chi connectivity index (χ4v) is 3.91. The Morgan fingerprint density at radius 1 is 1.10 bits per heavy atom. The number of rotatable bonds is 8. The molecule has 0 saturated carbocycles. The quantitative estimate of drug-likeness (QED) is 0.328. The van der Waals surface area contributed by atoms with E-state index in [1.165, 1.54) is 6.26 Å². The zero-order valence-electron chi connectivity index (χ0n) is 17.7. The van der Waals surface area contributed by atoms with Crippen molar-refractivity contribution in [1.82, 2.24) is 20.2 Å². The largest absolute Gasteiger partial charge is 0.357 e. The molecule has 0 saturated heterocycles. The van der Waals surface area contributed by atoms with Crippen molar-refractivity contribution in [2.24, 2.45) is 4.99 Å². The minimum atomic E-state index is -3.18. The number of benzene rings is 2. The van der Waals surface area contributed by atoms with E-state index in [9.17, 15) is 8.42 Å². The summed E-state index contributed by atoms with van der Waals surface area (Å²) in [6, 6.07) is 15.0. The van der Waals surface area contributed by atoms with Crippen LogP contribution in [0.15, 0.2) is 58.4 Å². The van der Waals surface area contributed by atoms with Crippen molar-refractivity contribution in [3.05, 3.63) is 59.9 Å². The number of imidazole rings is 1. The van der Waals surface area contributed by atoms with Crippen LogP contribution in [0.4, 0.5) is 0 Å². The molecule has 8 heteroatoms. The second-order valence-electron chi connectivity index (χ2n) is 7.19. The van der Waals surface area contributed by atoms with Crippen LogP contribution in [0.1, 0.15) is 24.7 Å². The minimum absolute atomic E-state index is 0.322.